The molecule has 0 radical (unpaired) electrons. The number of anilines is 1. The van der Waals surface area contributed by atoms with Crippen molar-refractivity contribution in [2.75, 3.05) is 25.0 Å². The van der Waals surface area contributed by atoms with Gasteiger partial charge in [0.1, 0.15) is 17.7 Å². The van der Waals surface area contributed by atoms with Crippen LogP contribution >= 0.6 is 0 Å². The van der Waals surface area contributed by atoms with Crippen LogP contribution < -0.4 is 10.6 Å². The van der Waals surface area contributed by atoms with E-state index in [1.54, 1.807) is 0 Å². The number of rotatable bonds is 5. The van der Waals surface area contributed by atoms with Gasteiger partial charge < -0.3 is 19.9 Å². The highest BCUT2D eigenvalue weighted by Crippen LogP contribution is 2.19. The second-order valence-corrected chi connectivity index (χ2v) is 5.28. The fourth-order valence-electron chi connectivity index (χ4n) is 2.39. The van der Waals surface area contributed by atoms with Crippen LogP contribution in [0.2, 0.25) is 0 Å². The van der Waals surface area contributed by atoms with Crippen LogP contribution in [0.1, 0.15) is 36.0 Å². The summed E-state index contributed by atoms with van der Waals surface area (Å²) in [4.78, 5) is 8.89. The van der Waals surface area contributed by atoms with Gasteiger partial charge in [0.15, 0.2) is 5.76 Å². The van der Waals surface area contributed by atoms with Crippen LogP contribution in [0.5, 0.6) is 0 Å². The van der Waals surface area contributed by atoms with Gasteiger partial charge in [0.2, 0.25) is 0 Å². The van der Waals surface area contributed by atoms with Gasteiger partial charge in [-0.2, -0.15) is 0 Å². The minimum absolute atomic E-state index is 0.0204. The fraction of sp³-hybridized carbons (Fsp3) is 0.533. The van der Waals surface area contributed by atoms with Gasteiger partial charge in [-0.15, -0.1) is 0 Å². The number of hydrogen-bond acceptors (Lipinski definition) is 7. The first-order valence-electron chi connectivity index (χ1n) is 7.61. The van der Waals surface area contributed by atoms with Crippen LogP contribution in [-0.4, -0.2) is 34.8 Å². The van der Waals surface area contributed by atoms with Crippen LogP contribution in [0.25, 0.3) is 0 Å². The Morgan fingerprint density at radius 2 is 2.27 bits per heavy atom. The molecule has 0 unspecified atom stereocenters. The molecule has 2 aromatic rings. The molecule has 0 saturated carbocycles. The quantitative estimate of drug-likeness (QED) is 0.868. The molecule has 2 aromatic heterocycles. The van der Waals surface area contributed by atoms with Gasteiger partial charge in [-0.05, 0) is 13.3 Å². The molecule has 0 spiro atoms. The average Bonchev–Trinajstić information content (AvgIpc) is 3.01. The number of ether oxygens (including phenoxy) is 1. The van der Waals surface area contributed by atoms with Gasteiger partial charge >= 0.3 is 0 Å². The van der Waals surface area contributed by atoms with Gasteiger partial charge in [0, 0.05) is 25.2 Å². The molecule has 0 bridgehead atoms. The van der Waals surface area contributed by atoms with E-state index in [9.17, 15) is 0 Å². The third-order valence-electron chi connectivity index (χ3n) is 3.53. The van der Waals surface area contributed by atoms with Gasteiger partial charge in [-0.3, -0.25) is 0 Å². The SMILES string of the molecule is CCc1cc(CNc2cc([C@@H]3CNCCO3)nc(C)n2)on1. The monoisotopic (exact) mass is 303 g/mol. The van der Waals surface area contributed by atoms with Crippen LogP contribution in [0.4, 0.5) is 5.82 Å². The highest BCUT2D eigenvalue weighted by molar-refractivity contribution is 5.37. The zero-order valence-electron chi connectivity index (χ0n) is 12.9. The molecule has 22 heavy (non-hydrogen) atoms. The predicted octanol–water partition coefficient (Wildman–Crippen LogP) is 1.61. The Hall–Kier alpha value is -1.99. The van der Waals surface area contributed by atoms with Gasteiger partial charge in [-0.25, -0.2) is 9.97 Å². The van der Waals surface area contributed by atoms with E-state index in [2.05, 4.69) is 25.8 Å². The summed E-state index contributed by atoms with van der Waals surface area (Å²) >= 11 is 0. The highest BCUT2D eigenvalue weighted by atomic mass is 16.5. The molecule has 1 aliphatic heterocycles. The van der Waals surface area contributed by atoms with Crippen molar-refractivity contribution in [3.05, 3.63) is 35.1 Å². The molecule has 3 heterocycles. The van der Waals surface area contributed by atoms with Crippen LogP contribution in [0, 0.1) is 6.92 Å². The van der Waals surface area contributed by atoms with Crippen molar-refractivity contribution in [3.63, 3.8) is 0 Å². The van der Waals surface area contributed by atoms with E-state index in [0.717, 1.165) is 48.3 Å². The van der Waals surface area contributed by atoms with Gasteiger partial charge in [0.25, 0.3) is 0 Å². The minimum Gasteiger partial charge on any atom is -0.369 e. The average molecular weight is 303 g/mol. The van der Waals surface area contributed by atoms with Crippen molar-refractivity contribution in [1.82, 2.24) is 20.4 Å². The Balaban J connectivity index is 1.68. The lowest BCUT2D eigenvalue weighted by Crippen LogP contribution is -2.34. The number of nitrogens with zero attached hydrogens (tertiary/aromatic N) is 3. The van der Waals surface area contributed by atoms with E-state index in [-0.39, 0.29) is 6.10 Å². The molecule has 118 valence electrons. The summed E-state index contributed by atoms with van der Waals surface area (Å²) in [6.45, 7) is 6.84. The molecule has 1 atom stereocenters. The van der Waals surface area contributed by atoms with E-state index in [1.807, 2.05) is 26.0 Å². The first-order valence-corrected chi connectivity index (χ1v) is 7.61. The molecule has 3 rings (SSSR count). The minimum atomic E-state index is -0.0204. The molecule has 1 fully saturated rings. The molecule has 0 amide bonds. The van der Waals surface area contributed by atoms with Crippen molar-refractivity contribution in [2.45, 2.75) is 32.9 Å². The van der Waals surface area contributed by atoms with Crippen LogP contribution in [0.3, 0.4) is 0 Å². The summed E-state index contributed by atoms with van der Waals surface area (Å²) in [7, 11) is 0. The van der Waals surface area contributed by atoms with E-state index in [4.69, 9.17) is 9.26 Å². The first kappa shape index (κ1) is 14.9. The lowest BCUT2D eigenvalue weighted by molar-refractivity contribution is 0.0249. The predicted molar refractivity (Wildman–Crippen MR) is 81.5 cm³/mol. The summed E-state index contributed by atoms with van der Waals surface area (Å²) in [6.07, 6.45) is 0.847. The van der Waals surface area contributed by atoms with Crippen molar-refractivity contribution in [1.29, 1.82) is 0 Å². The number of aromatic nitrogens is 3. The second-order valence-electron chi connectivity index (χ2n) is 5.28. The largest absolute Gasteiger partial charge is 0.369 e. The summed E-state index contributed by atoms with van der Waals surface area (Å²) < 4.78 is 11.0. The third-order valence-corrected chi connectivity index (χ3v) is 3.53. The molecule has 0 aromatic carbocycles. The number of morpholine rings is 1. The lowest BCUT2D eigenvalue weighted by atomic mass is 10.2. The molecule has 2 N–H and O–H groups in total. The number of hydrogen-bond donors (Lipinski definition) is 2. The second kappa shape index (κ2) is 6.85. The van der Waals surface area contributed by atoms with Crippen molar-refractivity contribution in [3.8, 4) is 0 Å². The topological polar surface area (TPSA) is 85.1 Å². The maximum absolute atomic E-state index is 5.75. The van der Waals surface area contributed by atoms with E-state index in [0.29, 0.717) is 13.2 Å². The van der Waals surface area contributed by atoms with E-state index < -0.39 is 0 Å². The summed E-state index contributed by atoms with van der Waals surface area (Å²) in [5.41, 5.74) is 1.85. The van der Waals surface area contributed by atoms with Crippen molar-refractivity contribution < 1.29 is 9.26 Å². The van der Waals surface area contributed by atoms with Crippen molar-refractivity contribution in [2.24, 2.45) is 0 Å². The maximum atomic E-state index is 5.75. The number of nitrogens with one attached hydrogen (secondary N) is 2. The van der Waals surface area contributed by atoms with Gasteiger partial charge in [0.05, 0.1) is 24.5 Å². The normalized spacial score (nSPS) is 18.4. The zero-order chi connectivity index (χ0) is 15.4. The molecular formula is C15H21N5O2. The standard InChI is InChI=1S/C15H21N5O2/c1-3-11-6-12(22-20-11)8-17-15-7-13(18-10(2)19-15)14-9-16-4-5-21-14/h6-7,14,16H,3-5,8-9H2,1-2H3,(H,17,18,19)/t14-/m0/s1. The molecule has 1 aliphatic rings. The van der Waals surface area contributed by atoms with E-state index in [1.165, 1.54) is 0 Å². The Morgan fingerprint density at radius 3 is 3.00 bits per heavy atom. The molecule has 7 nitrogen and oxygen atoms in total. The smallest absolute Gasteiger partial charge is 0.156 e. The summed E-state index contributed by atoms with van der Waals surface area (Å²) in [5, 5.41) is 10.5. The number of aryl methyl sites for hydroxylation is 2. The first-order chi connectivity index (χ1) is 10.7. The Morgan fingerprint density at radius 1 is 1.36 bits per heavy atom. The summed E-state index contributed by atoms with van der Waals surface area (Å²) in [5.74, 6) is 2.29. The van der Waals surface area contributed by atoms with Gasteiger partial charge in [-0.1, -0.05) is 12.1 Å². The Labute approximate surface area is 129 Å². The third kappa shape index (κ3) is 3.61. The Bertz CT molecular complexity index is 622. The highest BCUT2D eigenvalue weighted by Gasteiger charge is 2.18. The molecule has 0 aliphatic carbocycles. The van der Waals surface area contributed by atoms with Crippen LogP contribution in [0.15, 0.2) is 16.7 Å². The fourth-order valence-corrected chi connectivity index (χ4v) is 2.39. The summed E-state index contributed by atoms with van der Waals surface area (Å²) in [6, 6.07) is 3.89. The molecule has 1 saturated heterocycles. The zero-order valence-corrected chi connectivity index (χ0v) is 12.9. The van der Waals surface area contributed by atoms with Crippen molar-refractivity contribution >= 4 is 5.82 Å². The maximum Gasteiger partial charge on any atom is 0.156 e. The lowest BCUT2D eigenvalue weighted by Gasteiger charge is -2.23. The molecular weight excluding hydrogens is 282 g/mol. The molecule has 7 heteroatoms. The van der Waals surface area contributed by atoms with Crippen LogP contribution in [-0.2, 0) is 17.7 Å². The van der Waals surface area contributed by atoms with E-state index >= 15 is 0 Å². The Kier molecular flexibility index (Phi) is 4.65.